The zero-order valence-corrected chi connectivity index (χ0v) is 17.4. The van der Waals surface area contributed by atoms with Crippen molar-refractivity contribution in [3.8, 4) is 0 Å². The second kappa shape index (κ2) is 7.76. The van der Waals surface area contributed by atoms with Gasteiger partial charge in [0.25, 0.3) is 0 Å². The number of fused-ring (bicyclic) bond motifs is 2. The topological polar surface area (TPSA) is 78.7 Å². The summed E-state index contributed by atoms with van der Waals surface area (Å²) >= 11 is 0. The highest BCUT2D eigenvalue weighted by Gasteiger charge is 2.35. The highest BCUT2D eigenvalue weighted by molar-refractivity contribution is 6.10. The van der Waals surface area contributed by atoms with E-state index < -0.39 is 12.7 Å². The lowest BCUT2D eigenvalue weighted by atomic mass is 10.1. The Kier molecular flexibility index (Phi) is 4.88. The molecule has 3 aromatic heterocycles. The summed E-state index contributed by atoms with van der Waals surface area (Å²) in [6.45, 7) is 0.851. The van der Waals surface area contributed by atoms with Crippen LogP contribution in [0.5, 0.6) is 0 Å². The Morgan fingerprint density at radius 1 is 1.06 bits per heavy atom. The van der Waals surface area contributed by atoms with Crippen molar-refractivity contribution in [2.75, 3.05) is 21.7 Å². The summed E-state index contributed by atoms with van der Waals surface area (Å²) in [6.07, 6.45) is 2.10. The van der Waals surface area contributed by atoms with Crippen molar-refractivity contribution in [1.82, 2.24) is 19.4 Å². The van der Waals surface area contributed by atoms with E-state index in [4.69, 9.17) is 0 Å². The van der Waals surface area contributed by atoms with Gasteiger partial charge < -0.3 is 9.72 Å². The van der Waals surface area contributed by atoms with Crippen molar-refractivity contribution >= 4 is 34.8 Å². The van der Waals surface area contributed by atoms with Gasteiger partial charge in [-0.1, -0.05) is 17.7 Å². The number of halogens is 3. The summed E-state index contributed by atoms with van der Waals surface area (Å²) in [7, 11) is 0. The number of carbonyl (C=O) groups is 1. The third kappa shape index (κ3) is 4.04. The number of rotatable bonds is 4. The number of alkyl halides is 3. The van der Waals surface area contributed by atoms with Crippen LogP contribution in [0.1, 0.15) is 11.1 Å². The first kappa shape index (κ1) is 20.7. The first-order valence-corrected chi connectivity index (χ1v) is 10.1. The first-order valence-electron chi connectivity index (χ1n) is 10.1. The largest absolute Gasteiger partial charge is 0.405 e. The number of amides is 2. The summed E-state index contributed by atoms with van der Waals surface area (Å²) in [6, 6.07) is 10.6. The summed E-state index contributed by atoms with van der Waals surface area (Å²) in [5, 5.41) is 2.18. The van der Waals surface area contributed by atoms with E-state index in [2.05, 4.69) is 20.3 Å². The quantitative estimate of drug-likeness (QED) is 0.485. The molecule has 0 atom stereocenters. The van der Waals surface area contributed by atoms with Crippen LogP contribution < -0.4 is 15.1 Å². The number of aromatic nitrogens is 4. The maximum absolute atomic E-state index is 13.6. The van der Waals surface area contributed by atoms with Crippen LogP contribution in [-0.2, 0) is 6.54 Å². The Morgan fingerprint density at radius 2 is 1.82 bits per heavy atom. The minimum absolute atomic E-state index is 0.181. The molecule has 1 aliphatic heterocycles. The molecule has 8 nitrogen and oxygen atoms in total. The van der Waals surface area contributed by atoms with Gasteiger partial charge in [0.15, 0.2) is 5.82 Å². The highest BCUT2D eigenvalue weighted by atomic mass is 19.4. The van der Waals surface area contributed by atoms with Gasteiger partial charge in [0.2, 0.25) is 5.95 Å². The van der Waals surface area contributed by atoms with E-state index in [1.807, 2.05) is 31.2 Å². The van der Waals surface area contributed by atoms with Crippen molar-refractivity contribution in [2.45, 2.75) is 19.6 Å². The zero-order valence-electron chi connectivity index (χ0n) is 17.4. The van der Waals surface area contributed by atoms with E-state index in [9.17, 15) is 18.0 Å². The summed E-state index contributed by atoms with van der Waals surface area (Å²) in [5.74, 6) is 0.0128. The van der Waals surface area contributed by atoms with Crippen LogP contribution in [0.3, 0.4) is 0 Å². The van der Waals surface area contributed by atoms with Crippen molar-refractivity contribution in [3.63, 3.8) is 0 Å². The third-order valence-electron chi connectivity index (χ3n) is 5.23. The number of imidazole rings is 1. The first-order chi connectivity index (χ1) is 15.8. The molecule has 0 spiro atoms. The van der Waals surface area contributed by atoms with E-state index >= 15 is 0 Å². The Morgan fingerprint density at radius 3 is 2.58 bits per heavy atom. The van der Waals surface area contributed by atoms with Gasteiger partial charge in [-0.2, -0.15) is 18.2 Å². The zero-order chi connectivity index (χ0) is 23.2. The van der Waals surface area contributed by atoms with Crippen molar-refractivity contribution in [2.24, 2.45) is 0 Å². The molecule has 11 heteroatoms. The molecule has 0 saturated heterocycles. The number of pyridine rings is 1. The molecular formula is C22H18F3N7O. The number of nitrogens with zero attached hydrogens (tertiary/aromatic N) is 6. The Balaban J connectivity index is 1.60. The van der Waals surface area contributed by atoms with E-state index in [0.717, 1.165) is 5.56 Å². The molecule has 4 heterocycles. The lowest BCUT2D eigenvalue weighted by molar-refractivity contribution is -0.115. The summed E-state index contributed by atoms with van der Waals surface area (Å²) in [5.41, 5.74) is 3.51. The normalized spacial score (nSPS) is 14.0. The Bertz CT molecular complexity index is 1330. The number of hydrogen-bond acceptors (Lipinski definition) is 5. The fourth-order valence-corrected chi connectivity index (χ4v) is 3.62. The minimum atomic E-state index is -4.43. The molecule has 0 unspecified atom stereocenters. The average molecular weight is 453 g/mol. The molecule has 2 amide bonds. The van der Waals surface area contributed by atoms with Gasteiger partial charge in [0.05, 0.1) is 12.2 Å². The monoisotopic (exact) mass is 453 g/mol. The summed E-state index contributed by atoms with van der Waals surface area (Å²) in [4.78, 5) is 29.1. The van der Waals surface area contributed by atoms with Gasteiger partial charge in [0, 0.05) is 36.0 Å². The molecule has 0 radical (unpaired) electrons. The molecule has 1 aromatic carbocycles. The molecule has 0 fully saturated rings. The Labute approximate surface area is 186 Å². The smallest absolute Gasteiger partial charge is 0.345 e. The predicted octanol–water partition coefficient (Wildman–Crippen LogP) is 4.69. The maximum Gasteiger partial charge on any atom is 0.405 e. The van der Waals surface area contributed by atoms with E-state index in [0.29, 0.717) is 22.6 Å². The second-order valence-corrected chi connectivity index (χ2v) is 7.63. The van der Waals surface area contributed by atoms with Gasteiger partial charge >= 0.3 is 12.2 Å². The number of carbonyl (C=O) groups excluding carboxylic acids is 1. The fourth-order valence-electron chi connectivity index (χ4n) is 3.62. The molecular weight excluding hydrogens is 435 g/mol. The van der Waals surface area contributed by atoms with Crippen LogP contribution in [0.25, 0.3) is 5.65 Å². The van der Waals surface area contributed by atoms with Crippen LogP contribution in [-0.4, -0.2) is 38.1 Å². The maximum atomic E-state index is 13.6. The van der Waals surface area contributed by atoms with Crippen molar-refractivity contribution < 1.29 is 18.0 Å². The van der Waals surface area contributed by atoms with Gasteiger partial charge in [0.1, 0.15) is 12.2 Å². The van der Waals surface area contributed by atoms with Gasteiger partial charge in [-0.05, 0) is 31.2 Å². The fraction of sp³-hybridized carbons (Fsp3) is 0.182. The van der Waals surface area contributed by atoms with Crippen LogP contribution in [0, 0.1) is 6.92 Å². The van der Waals surface area contributed by atoms with Crippen LogP contribution in [0.2, 0.25) is 0 Å². The van der Waals surface area contributed by atoms with Gasteiger partial charge in [-0.15, -0.1) is 0 Å². The SMILES string of the molecule is Cc1ccc(N2Cc3cnc(NCC(F)(F)F)nc3N(c3ccc4nccn4c3)C2=O)cc1. The number of aryl methyl sites for hydroxylation is 1. The van der Waals surface area contributed by atoms with Crippen LogP contribution in [0.4, 0.5) is 41.1 Å². The highest BCUT2D eigenvalue weighted by Crippen LogP contribution is 2.36. The molecule has 1 aliphatic rings. The molecule has 168 valence electrons. The van der Waals surface area contributed by atoms with E-state index in [-0.39, 0.29) is 24.3 Å². The van der Waals surface area contributed by atoms with Gasteiger partial charge in [-0.25, -0.2) is 19.7 Å². The molecule has 4 aromatic rings. The molecule has 0 aliphatic carbocycles. The number of nitrogens with one attached hydrogen (secondary N) is 1. The predicted molar refractivity (Wildman–Crippen MR) is 117 cm³/mol. The molecule has 5 rings (SSSR count). The molecule has 0 bridgehead atoms. The van der Waals surface area contributed by atoms with Crippen LogP contribution >= 0.6 is 0 Å². The number of hydrogen-bond donors (Lipinski definition) is 1. The molecule has 33 heavy (non-hydrogen) atoms. The Hall–Kier alpha value is -4.15. The third-order valence-corrected chi connectivity index (χ3v) is 5.23. The van der Waals surface area contributed by atoms with E-state index in [1.165, 1.54) is 11.1 Å². The number of benzene rings is 1. The lowest BCUT2D eigenvalue weighted by Gasteiger charge is -2.36. The lowest BCUT2D eigenvalue weighted by Crippen LogP contribution is -2.45. The standard InChI is InChI=1S/C22H18F3N7O/c1-14-2-4-16(5-3-14)31-11-15-10-27-20(28-13-22(23,24)25)29-19(15)32(21(31)33)17-6-7-18-26-8-9-30(18)12-17/h2-10,12H,11,13H2,1H3,(H,27,28,29). The minimum Gasteiger partial charge on any atom is -0.345 e. The van der Waals surface area contributed by atoms with E-state index in [1.54, 1.807) is 40.0 Å². The van der Waals surface area contributed by atoms with Crippen molar-refractivity contribution in [1.29, 1.82) is 0 Å². The number of urea groups is 1. The van der Waals surface area contributed by atoms with Crippen LogP contribution in [0.15, 0.2) is 61.2 Å². The van der Waals surface area contributed by atoms with Gasteiger partial charge in [-0.3, -0.25) is 4.90 Å². The second-order valence-electron chi connectivity index (χ2n) is 7.63. The number of anilines is 4. The molecule has 0 saturated carbocycles. The average Bonchev–Trinajstić information content (AvgIpc) is 3.25. The molecule has 1 N–H and O–H groups in total. The summed E-state index contributed by atoms with van der Waals surface area (Å²) < 4.78 is 39.8. The van der Waals surface area contributed by atoms with Crippen molar-refractivity contribution in [3.05, 3.63) is 72.3 Å².